The molecular weight excluding hydrogens is 554 g/mol. The van der Waals surface area contributed by atoms with Crippen LogP contribution in [-0.2, 0) is 27.4 Å². The average Bonchev–Trinajstić information content (AvgIpc) is 3.18. The molecule has 1 heterocycles. The zero-order valence-corrected chi connectivity index (χ0v) is 22.5. The standard InChI is InChI=1S/C28H25N3O4S.BrH/c1-2-35-27(34)22-13-15-23(16-14-22)30-25(32)17-24-26(33)31(19-21-11-7-4-8-12-21)28(36-24)29-18-20-9-5-3-6-10-20;/h3-17H,2,18-19H2,1H3,(H,30,32);1H/p-1/b24-17-,29-28?;. The number of rotatable bonds is 8. The zero-order valence-electron chi connectivity index (χ0n) is 20.1. The molecule has 9 heteroatoms. The summed E-state index contributed by atoms with van der Waals surface area (Å²) >= 11 is 1.18. The molecule has 0 spiro atoms. The number of esters is 1. The molecule has 3 aromatic rings. The van der Waals surface area contributed by atoms with E-state index in [1.807, 2.05) is 60.7 Å². The smallest absolute Gasteiger partial charge is 0.338 e. The lowest BCUT2D eigenvalue weighted by molar-refractivity contribution is -0.123. The third kappa shape index (κ3) is 7.65. The van der Waals surface area contributed by atoms with Crippen LogP contribution in [0.3, 0.4) is 0 Å². The Morgan fingerprint density at radius 1 is 0.946 bits per heavy atom. The minimum absolute atomic E-state index is 0. The van der Waals surface area contributed by atoms with Crippen LogP contribution in [0.5, 0.6) is 0 Å². The van der Waals surface area contributed by atoms with Crippen LogP contribution in [0.25, 0.3) is 0 Å². The molecule has 3 aromatic carbocycles. The fourth-order valence-electron chi connectivity index (χ4n) is 3.48. The number of nitrogens with zero attached hydrogens (tertiary/aromatic N) is 2. The first-order chi connectivity index (χ1) is 17.5. The Labute approximate surface area is 230 Å². The van der Waals surface area contributed by atoms with Gasteiger partial charge < -0.3 is 27.0 Å². The van der Waals surface area contributed by atoms with Gasteiger partial charge >= 0.3 is 5.97 Å². The van der Waals surface area contributed by atoms with Crippen LogP contribution >= 0.6 is 11.8 Å². The van der Waals surface area contributed by atoms with Crippen molar-refractivity contribution in [1.29, 1.82) is 0 Å². The number of carbonyl (C=O) groups is 3. The lowest BCUT2D eigenvalue weighted by Gasteiger charge is -2.15. The number of hydrogen-bond acceptors (Lipinski definition) is 6. The van der Waals surface area contributed by atoms with Gasteiger partial charge in [-0.05, 0) is 54.1 Å². The molecular formula is C28H25BrN3O4S-. The van der Waals surface area contributed by atoms with E-state index in [0.717, 1.165) is 11.1 Å². The summed E-state index contributed by atoms with van der Waals surface area (Å²) in [6.07, 6.45) is 1.29. The second-order valence-electron chi connectivity index (χ2n) is 7.86. The fourth-order valence-corrected chi connectivity index (χ4v) is 4.42. The summed E-state index contributed by atoms with van der Waals surface area (Å²) in [4.78, 5) is 44.3. The van der Waals surface area contributed by atoms with Crippen molar-refractivity contribution in [3.63, 3.8) is 0 Å². The molecule has 4 rings (SSSR count). The van der Waals surface area contributed by atoms with Gasteiger partial charge in [0.25, 0.3) is 5.91 Å². The lowest BCUT2D eigenvalue weighted by atomic mass is 10.2. The molecule has 0 radical (unpaired) electrons. The second-order valence-corrected chi connectivity index (χ2v) is 8.87. The van der Waals surface area contributed by atoms with Gasteiger partial charge in [0.2, 0.25) is 5.91 Å². The van der Waals surface area contributed by atoms with Crippen molar-refractivity contribution in [2.45, 2.75) is 20.0 Å². The highest BCUT2D eigenvalue weighted by Gasteiger charge is 2.33. The maximum atomic E-state index is 13.2. The van der Waals surface area contributed by atoms with E-state index in [9.17, 15) is 14.4 Å². The van der Waals surface area contributed by atoms with Crippen LogP contribution in [0.1, 0.15) is 28.4 Å². The number of aliphatic imine (C=N–C) groups is 1. The minimum Gasteiger partial charge on any atom is -1.00 e. The maximum absolute atomic E-state index is 13.2. The topological polar surface area (TPSA) is 88.1 Å². The molecule has 0 unspecified atom stereocenters. The van der Waals surface area contributed by atoms with Crippen LogP contribution in [0.4, 0.5) is 5.69 Å². The van der Waals surface area contributed by atoms with Crippen molar-refractivity contribution in [2.75, 3.05) is 11.9 Å². The third-order valence-corrected chi connectivity index (χ3v) is 6.28. The Hall–Kier alpha value is -3.69. The van der Waals surface area contributed by atoms with E-state index in [1.54, 1.807) is 36.1 Å². The first kappa shape index (κ1) is 27.9. The molecule has 1 saturated heterocycles. The molecule has 2 amide bonds. The van der Waals surface area contributed by atoms with Gasteiger partial charge in [-0.3, -0.25) is 19.5 Å². The second kappa shape index (κ2) is 13.6. The van der Waals surface area contributed by atoms with Crippen LogP contribution in [0.15, 0.2) is 101 Å². The van der Waals surface area contributed by atoms with Crippen molar-refractivity contribution in [3.05, 3.63) is 113 Å². The van der Waals surface area contributed by atoms with E-state index >= 15 is 0 Å². The number of anilines is 1. The van der Waals surface area contributed by atoms with Gasteiger partial charge in [-0.1, -0.05) is 60.7 Å². The zero-order chi connectivity index (χ0) is 25.3. The monoisotopic (exact) mass is 578 g/mol. The molecule has 0 bridgehead atoms. The molecule has 0 atom stereocenters. The van der Waals surface area contributed by atoms with Crippen molar-refractivity contribution in [3.8, 4) is 0 Å². The highest BCUT2D eigenvalue weighted by atomic mass is 79.9. The molecule has 37 heavy (non-hydrogen) atoms. The van der Waals surface area contributed by atoms with Gasteiger partial charge in [0.05, 0.1) is 30.2 Å². The molecule has 0 saturated carbocycles. The molecule has 1 aliphatic rings. The number of amidine groups is 1. The SMILES string of the molecule is CCOC(=O)c1ccc(NC(=O)/C=C2\SC(=NCc3ccccc3)N(Cc3ccccc3)C2=O)cc1.[Br-]. The number of amides is 2. The lowest BCUT2D eigenvalue weighted by Crippen LogP contribution is -3.00. The summed E-state index contributed by atoms with van der Waals surface area (Å²) in [6, 6.07) is 25.8. The van der Waals surface area contributed by atoms with E-state index in [1.165, 1.54) is 17.8 Å². The van der Waals surface area contributed by atoms with Crippen LogP contribution in [0, 0.1) is 0 Å². The predicted octanol–water partition coefficient (Wildman–Crippen LogP) is 2.02. The van der Waals surface area contributed by atoms with Gasteiger partial charge in [0.15, 0.2) is 5.17 Å². The first-order valence-electron chi connectivity index (χ1n) is 11.5. The predicted molar refractivity (Wildman–Crippen MR) is 141 cm³/mol. The summed E-state index contributed by atoms with van der Waals surface area (Å²) < 4.78 is 4.97. The molecule has 1 fully saturated rings. The Morgan fingerprint density at radius 2 is 1.57 bits per heavy atom. The average molecular weight is 579 g/mol. The van der Waals surface area contributed by atoms with Crippen molar-refractivity contribution in [2.24, 2.45) is 4.99 Å². The number of hydrogen-bond donors (Lipinski definition) is 1. The molecule has 7 nitrogen and oxygen atoms in total. The normalized spacial score (nSPS) is 14.9. The maximum Gasteiger partial charge on any atom is 0.338 e. The quantitative estimate of drug-likeness (QED) is 0.326. The van der Waals surface area contributed by atoms with Gasteiger partial charge in [-0.2, -0.15) is 0 Å². The number of carbonyl (C=O) groups excluding carboxylic acids is 3. The molecule has 1 aliphatic heterocycles. The Bertz CT molecular complexity index is 1300. The third-order valence-electron chi connectivity index (χ3n) is 5.24. The summed E-state index contributed by atoms with van der Waals surface area (Å²) in [7, 11) is 0. The number of ether oxygens (including phenoxy) is 1. The fraction of sp³-hybridized carbons (Fsp3) is 0.143. The van der Waals surface area contributed by atoms with Gasteiger partial charge in [0, 0.05) is 11.8 Å². The van der Waals surface area contributed by atoms with Crippen molar-refractivity contribution in [1.82, 2.24) is 4.90 Å². The van der Waals surface area contributed by atoms with Gasteiger partial charge in [-0.15, -0.1) is 0 Å². The summed E-state index contributed by atoms with van der Waals surface area (Å²) in [5.74, 6) is -1.14. The minimum atomic E-state index is -0.446. The van der Waals surface area contributed by atoms with Crippen LogP contribution in [-0.4, -0.2) is 34.5 Å². The Kier molecular flexibility index (Phi) is 10.2. The number of nitrogens with one attached hydrogen (secondary N) is 1. The Balaban J connectivity index is 0.00000380. The first-order valence-corrected chi connectivity index (χ1v) is 12.3. The summed E-state index contributed by atoms with van der Waals surface area (Å²) in [5.41, 5.74) is 2.88. The molecule has 190 valence electrons. The highest BCUT2D eigenvalue weighted by molar-refractivity contribution is 8.18. The van der Waals surface area contributed by atoms with Crippen LogP contribution in [0.2, 0.25) is 0 Å². The van der Waals surface area contributed by atoms with Crippen molar-refractivity contribution < 1.29 is 36.1 Å². The van der Waals surface area contributed by atoms with Gasteiger partial charge in [0.1, 0.15) is 0 Å². The summed E-state index contributed by atoms with van der Waals surface area (Å²) in [6.45, 7) is 2.80. The molecule has 0 aromatic heterocycles. The number of thioether (sulfide) groups is 1. The largest absolute Gasteiger partial charge is 1.00 e. The number of halogens is 1. The van der Waals surface area contributed by atoms with Crippen LogP contribution < -0.4 is 22.3 Å². The summed E-state index contributed by atoms with van der Waals surface area (Å²) in [5, 5.41) is 3.28. The van der Waals surface area contributed by atoms with Gasteiger partial charge in [-0.25, -0.2) is 4.79 Å². The molecule has 1 N–H and O–H groups in total. The van der Waals surface area contributed by atoms with E-state index in [0.29, 0.717) is 34.4 Å². The van der Waals surface area contributed by atoms with E-state index in [2.05, 4.69) is 10.3 Å². The van der Waals surface area contributed by atoms with E-state index < -0.39 is 11.9 Å². The molecule has 0 aliphatic carbocycles. The number of benzene rings is 3. The van der Waals surface area contributed by atoms with E-state index in [4.69, 9.17) is 4.74 Å². The highest BCUT2D eigenvalue weighted by Crippen LogP contribution is 2.32. The van der Waals surface area contributed by atoms with E-state index in [-0.39, 0.29) is 29.5 Å². The Morgan fingerprint density at radius 3 is 2.19 bits per heavy atom. The van der Waals surface area contributed by atoms with Crippen molar-refractivity contribution >= 4 is 40.4 Å².